The van der Waals surface area contributed by atoms with Gasteiger partial charge in [0.15, 0.2) is 0 Å². The monoisotopic (exact) mass is 297 g/mol. The van der Waals surface area contributed by atoms with Gasteiger partial charge in [0.05, 0.1) is 17.6 Å². The van der Waals surface area contributed by atoms with E-state index in [1.807, 2.05) is 0 Å². The third kappa shape index (κ3) is 5.10. The minimum atomic E-state index is -0.714. The quantitative estimate of drug-likeness (QED) is 0.520. The van der Waals surface area contributed by atoms with Gasteiger partial charge in [0.25, 0.3) is 5.69 Å². The normalized spacial score (nSPS) is 12.4. The summed E-state index contributed by atoms with van der Waals surface area (Å²) in [7, 11) is 3.21. The molecule has 0 aliphatic carbocycles. The van der Waals surface area contributed by atoms with Crippen molar-refractivity contribution < 1.29 is 19.6 Å². The number of benzene rings is 1. The summed E-state index contributed by atoms with van der Waals surface area (Å²) in [6.45, 7) is 0.756. The molecular weight excluding hydrogens is 278 g/mol. The number of nitrogens with two attached hydrogens (primary N) is 1. The van der Waals surface area contributed by atoms with Gasteiger partial charge in [0, 0.05) is 37.4 Å². The molecular formula is C13H19N3O5. The Morgan fingerprint density at radius 1 is 1.57 bits per heavy atom. The average Bonchev–Trinajstić information content (AvgIpc) is 2.38. The molecule has 8 nitrogen and oxygen atoms in total. The Morgan fingerprint density at radius 2 is 2.24 bits per heavy atom. The molecule has 1 unspecified atom stereocenters. The summed E-state index contributed by atoms with van der Waals surface area (Å²) in [6.07, 6.45) is -0.677. The van der Waals surface area contributed by atoms with Gasteiger partial charge in [0.2, 0.25) is 5.91 Å². The molecule has 21 heavy (non-hydrogen) atoms. The third-order valence-corrected chi connectivity index (χ3v) is 2.89. The SMILES string of the molecule is COCC(O)CN(C)Cc1ccc(C(N)=O)cc1[N+](=O)[O-]. The molecule has 0 aliphatic heterocycles. The first-order valence-corrected chi connectivity index (χ1v) is 6.27. The first-order valence-electron chi connectivity index (χ1n) is 6.27. The Hall–Kier alpha value is -2.03. The number of likely N-dealkylation sites (N-methyl/N-ethyl adjacent to an activating group) is 1. The number of nitrogens with zero attached hydrogens (tertiary/aromatic N) is 2. The second-order valence-corrected chi connectivity index (χ2v) is 4.77. The van der Waals surface area contributed by atoms with E-state index in [4.69, 9.17) is 10.5 Å². The highest BCUT2D eigenvalue weighted by Gasteiger charge is 2.18. The molecule has 0 saturated carbocycles. The van der Waals surface area contributed by atoms with Gasteiger partial charge in [-0.05, 0) is 13.1 Å². The molecule has 1 amide bonds. The van der Waals surface area contributed by atoms with E-state index < -0.39 is 16.9 Å². The first-order chi connectivity index (χ1) is 9.85. The van der Waals surface area contributed by atoms with Crippen LogP contribution in [0.5, 0.6) is 0 Å². The van der Waals surface area contributed by atoms with Crippen molar-refractivity contribution in [2.75, 3.05) is 27.3 Å². The zero-order chi connectivity index (χ0) is 16.0. The number of amides is 1. The lowest BCUT2D eigenvalue weighted by Crippen LogP contribution is -2.31. The van der Waals surface area contributed by atoms with Crippen LogP contribution in [0.1, 0.15) is 15.9 Å². The highest BCUT2D eigenvalue weighted by Crippen LogP contribution is 2.21. The first kappa shape index (κ1) is 17.0. The number of nitro benzene ring substituents is 1. The molecule has 0 bridgehead atoms. The van der Waals surface area contributed by atoms with Crippen LogP contribution in [-0.2, 0) is 11.3 Å². The smallest absolute Gasteiger partial charge is 0.274 e. The van der Waals surface area contributed by atoms with E-state index in [0.29, 0.717) is 12.1 Å². The largest absolute Gasteiger partial charge is 0.389 e. The molecule has 0 aliphatic rings. The van der Waals surface area contributed by atoms with Gasteiger partial charge in [-0.2, -0.15) is 0 Å². The number of rotatable bonds is 8. The lowest BCUT2D eigenvalue weighted by atomic mass is 10.1. The number of methoxy groups -OCH3 is 1. The van der Waals surface area contributed by atoms with Crippen LogP contribution in [0.4, 0.5) is 5.69 Å². The molecule has 1 atom stereocenters. The van der Waals surface area contributed by atoms with Gasteiger partial charge in [-0.1, -0.05) is 6.07 Å². The number of aliphatic hydroxyl groups excluding tert-OH is 1. The Balaban J connectivity index is 2.87. The number of hydrogen-bond acceptors (Lipinski definition) is 6. The summed E-state index contributed by atoms with van der Waals surface area (Å²) >= 11 is 0. The van der Waals surface area contributed by atoms with E-state index in [-0.39, 0.29) is 24.4 Å². The van der Waals surface area contributed by atoms with Crippen molar-refractivity contribution in [3.05, 3.63) is 39.4 Å². The van der Waals surface area contributed by atoms with Crippen LogP contribution in [0.15, 0.2) is 18.2 Å². The van der Waals surface area contributed by atoms with Gasteiger partial charge in [-0.3, -0.25) is 19.8 Å². The van der Waals surface area contributed by atoms with Crippen molar-refractivity contribution in [3.8, 4) is 0 Å². The molecule has 0 radical (unpaired) electrons. The summed E-state index contributed by atoms with van der Waals surface area (Å²) < 4.78 is 4.82. The van der Waals surface area contributed by atoms with Crippen molar-refractivity contribution in [1.82, 2.24) is 4.90 Å². The minimum absolute atomic E-state index is 0.0903. The summed E-state index contributed by atoms with van der Waals surface area (Å²) in [5.41, 5.74) is 5.48. The van der Waals surface area contributed by atoms with Gasteiger partial charge < -0.3 is 15.6 Å². The summed E-state index contributed by atoms with van der Waals surface area (Å²) in [5, 5.41) is 20.7. The number of nitro groups is 1. The molecule has 0 fully saturated rings. The van der Waals surface area contributed by atoms with Crippen LogP contribution in [0, 0.1) is 10.1 Å². The number of hydrogen-bond donors (Lipinski definition) is 2. The summed E-state index contributed by atoms with van der Waals surface area (Å²) in [4.78, 5) is 23.3. The van der Waals surface area contributed by atoms with E-state index in [0.717, 1.165) is 6.07 Å². The molecule has 0 heterocycles. The van der Waals surface area contributed by atoms with Crippen molar-refractivity contribution in [3.63, 3.8) is 0 Å². The average molecular weight is 297 g/mol. The van der Waals surface area contributed by atoms with Crippen LogP contribution >= 0.6 is 0 Å². The van der Waals surface area contributed by atoms with Crippen molar-refractivity contribution >= 4 is 11.6 Å². The fourth-order valence-corrected chi connectivity index (χ4v) is 1.98. The molecule has 1 aromatic carbocycles. The molecule has 0 aromatic heterocycles. The molecule has 116 valence electrons. The number of ether oxygens (including phenoxy) is 1. The predicted octanol–water partition coefficient (Wildman–Crippen LogP) is 0.133. The maximum absolute atomic E-state index is 11.1. The molecule has 3 N–H and O–H groups in total. The fraction of sp³-hybridized carbons (Fsp3) is 0.462. The van der Waals surface area contributed by atoms with Gasteiger partial charge in [-0.15, -0.1) is 0 Å². The van der Waals surface area contributed by atoms with Crippen LogP contribution in [0.2, 0.25) is 0 Å². The number of aliphatic hydroxyl groups is 1. The summed E-state index contributed by atoms with van der Waals surface area (Å²) in [6, 6.07) is 4.11. The van der Waals surface area contributed by atoms with Gasteiger partial charge in [-0.25, -0.2) is 0 Å². The second-order valence-electron chi connectivity index (χ2n) is 4.77. The van der Waals surface area contributed by atoms with E-state index >= 15 is 0 Å². The number of carbonyl (C=O) groups is 1. The Kier molecular flexibility index (Phi) is 6.22. The maximum atomic E-state index is 11.1. The maximum Gasteiger partial charge on any atom is 0.274 e. The van der Waals surface area contributed by atoms with Gasteiger partial charge in [0.1, 0.15) is 0 Å². The number of carbonyl (C=O) groups excluding carboxylic acids is 1. The van der Waals surface area contributed by atoms with Crippen LogP contribution in [0.3, 0.4) is 0 Å². The second kappa shape index (κ2) is 7.67. The molecule has 8 heteroatoms. The van der Waals surface area contributed by atoms with Crippen molar-refractivity contribution in [2.24, 2.45) is 5.73 Å². The Bertz CT molecular complexity index is 521. The number of primary amides is 1. The Morgan fingerprint density at radius 3 is 2.76 bits per heavy atom. The van der Waals surface area contributed by atoms with Crippen molar-refractivity contribution in [2.45, 2.75) is 12.6 Å². The summed E-state index contributed by atoms with van der Waals surface area (Å²) in [5.74, 6) is -0.714. The lowest BCUT2D eigenvalue weighted by Gasteiger charge is -2.20. The Labute approximate surface area is 122 Å². The van der Waals surface area contributed by atoms with E-state index in [1.54, 1.807) is 11.9 Å². The topological polar surface area (TPSA) is 119 Å². The van der Waals surface area contributed by atoms with E-state index in [9.17, 15) is 20.0 Å². The molecule has 0 saturated heterocycles. The predicted molar refractivity (Wildman–Crippen MR) is 75.8 cm³/mol. The lowest BCUT2D eigenvalue weighted by molar-refractivity contribution is -0.385. The third-order valence-electron chi connectivity index (χ3n) is 2.89. The molecule has 1 aromatic rings. The standard InChI is InChI=1S/C13H19N3O5/c1-15(7-11(17)8-21-2)6-10-4-3-9(13(14)18)5-12(10)16(19)20/h3-5,11,17H,6-8H2,1-2H3,(H2,14,18). The van der Waals surface area contributed by atoms with Crippen molar-refractivity contribution in [1.29, 1.82) is 0 Å². The van der Waals surface area contributed by atoms with E-state index in [2.05, 4.69) is 0 Å². The zero-order valence-corrected chi connectivity index (χ0v) is 12.0. The molecule has 0 spiro atoms. The van der Waals surface area contributed by atoms with Crippen LogP contribution < -0.4 is 5.73 Å². The van der Waals surface area contributed by atoms with E-state index in [1.165, 1.54) is 19.2 Å². The van der Waals surface area contributed by atoms with Crippen LogP contribution in [0.25, 0.3) is 0 Å². The minimum Gasteiger partial charge on any atom is -0.389 e. The molecule has 1 rings (SSSR count). The van der Waals surface area contributed by atoms with Gasteiger partial charge >= 0.3 is 0 Å². The van der Waals surface area contributed by atoms with Crippen LogP contribution in [-0.4, -0.2) is 54.3 Å². The fourth-order valence-electron chi connectivity index (χ4n) is 1.98. The highest BCUT2D eigenvalue weighted by atomic mass is 16.6. The zero-order valence-electron chi connectivity index (χ0n) is 12.0. The highest BCUT2D eigenvalue weighted by molar-refractivity contribution is 5.93.